The van der Waals surface area contributed by atoms with Gasteiger partial charge in [0.25, 0.3) is 17.4 Å². The predicted octanol–water partition coefficient (Wildman–Crippen LogP) is 2.85. The first-order valence-corrected chi connectivity index (χ1v) is 8.37. The molecular weight excluding hydrogens is 316 g/mol. The Hall–Kier alpha value is -2.82. The van der Waals surface area contributed by atoms with Gasteiger partial charge in [0.1, 0.15) is 5.75 Å². The molecular formula is C20H22N2O3. The van der Waals surface area contributed by atoms with Crippen molar-refractivity contribution in [3.8, 4) is 5.75 Å². The van der Waals surface area contributed by atoms with Crippen LogP contribution in [0.5, 0.6) is 5.75 Å². The number of fused-ring (bicyclic) bond motifs is 1. The zero-order valence-electron chi connectivity index (χ0n) is 14.7. The van der Waals surface area contributed by atoms with Crippen molar-refractivity contribution in [3.63, 3.8) is 0 Å². The van der Waals surface area contributed by atoms with Crippen LogP contribution in [0.25, 0.3) is 0 Å². The highest BCUT2D eigenvalue weighted by molar-refractivity contribution is 6.16. The molecule has 1 atom stereocenters. The molecule has 0 radical (unpaired) electrons. The molecule has 0 bridgehead atoms. The van der Waals surface area contributed by atoms with Crippen molar-refractivity contribution in [3.05, 3.63) is 60.2 Å². The average Bonchev–Trinajstić information content (AvgIpc) is 2.63. The Morgan fingerprint density at radius 3 is 2.44 bits per heavy atom. The Bertz CT molecular complexity index is 791. The number of ether oxygens (including phenoxy) is 1. The molecule has 1 aliphatic rings. The standard InChI is InChI=1S/C20H22N2O3/c1-4-22-16-12-8-9-13-17(16)25-20(2,19(22)24)18(23)21(3)14-15-10-6-5-7-11-15/h5-13H,4,14H2,1-3H3. The highest BCUT2D eigenvalue weighted by Crippen LogP contribution is 2.38. The number of likely N-dealkylation sites (N-methyl/N-ethyl adjacent to an activating group) is 2. The molecule has 25 heavy (non-hydrogen) atoms. The van der Waals surface area contributed by atoms with E-state index in [2.05, 4.69) is 0 Å². The van der Waals surface area contributed by atoms with Crippen molar-refractivity contribution in [1.82, 2.24) is 4.90 Å². The number of hydrogen-bond donors (Lipinski definition) is 0. The van der Waals surface area contributed by atoms with Gasteiger partial charge in [-0.1, -0.05) is 42.5 Å². The first kappa shape index (κ1) is 17.0. The number of carbonyl (C=O) groups is 2. The summed E-state index contributed by atoms with van der Waals surface area (Å²) in [6, 6.07) is 17.0. The van der Waals surface area contributed by atoms with E-state index < -0.39 is 5.60 Å². The van der Waals surface area contributed by atoms with Crippen molar-refractivity contribution < 1.29 is 14.3 Å². The fourth-order valence-electron chi connectivity index (χ4n) is 3.14. The Balaban J connectivity index is 1.89. The minimum Gasteiger partial charge on any atom is -0.465 e. The lowest BCUT2D eigenvalue weighted by Gasteiger charge is -2.40. The molecule has 5 heteroatoms. The van der Waals surface area contributed by atoms with Crippen LogP contribution in [0.15, 0.2) is 54.6 Å². The second-order valence-electron chi connectivity index (χ2n) is 6.30. The van der Waals surface area contributed by atoms with Gasteiger partial charge in [-0.3, -0.25) is 9.59 Å². The SMILES string of the molecule is CCN1C(=O)C(C)(C(=O)N(C)Cc2ccccc2)Oc2ccccc21. The summed E-state index contributed by atoms with van der Waals surface area (Å²) in [6.45, 7) is 4.33. The van der Waals surface area contributed by atoms with Gasteiger partial charge in [0, 0.05) is 20.1 Å². The highest BCUT2D eigenvalue weighted by Gasteiger charge is 2.51. The molecule has 2 amide bonds. The third kappa shape index (κ3) is 2.97. The summed E-state index contributed by atoms with van der Waals surface area (Å²) in [7, 11) is 1.69. The van der Waals surface area contributed by atoms with Crippen molar-refractivity contribution in [1.29, 1.82) is 0 Å². The van der Waals surface area contributed by atoms with Crippen LogP contribution in [0.3, 0.4) is 0 Å². The van der Waals surface area contributed by atoms with E-state index in [9.17, 15) is 9.59 Å². The molecule has 0 saturated heterocycles. The Morgan fingerprint density at radius 2 is 1.76 bits per heavy atom. The maximum absolute atomic E-state index is 13.1. The maximum Gasteiger partial charge on any atom is 0.280 e. The zero-order valence-corrected chi connectivity index (χ0v) is 14.7. The first-order valence-electron chi connectivity index (χ1n) is 8.37. The largest absolute Gasteiger partial charge is 0.465 e. The van der Waals surface area contributed by atoms with E-state index in [4.69, 9.17) is 4.74 Å². The van der Waals surface area contributed by atoms with Gasteiger partial charge in [0.15, 0.2) is 0 Å². The number of carbonyl (C=O) groups excluding carboxylic acids is 2. The number of hydrogen-bond acceptors (Lipinski definition) is 3. The number of benzene rings is 2. The molecule has 130 valence electrons. The Labute approximate surface area is 147 Å². The van der Waals surface area contributed by atoms with E-state index in [-0.39, 0.29) is 11.8 Å². The molecule has 2 aromatic rings. The van der Waals surface area contributed by atoms with Gasteiger partial charge < -0.3 is 14.5 Å². The van der Waals surface area contributed by atoms with E-state index in [1.807, 2.05) is 55.5 Å². The topological polar surface area (TPSA) is 49.9 Å². The lowest BCUT2D eigenvalue weighted by Crippen LogP contribution is -2.62. The molecule has 0 saturated carbocycles. The van der Waals surface area contributed by atoms with Crippen LogP contribution in [0.4, 0.5) is 5.69 Å². The lowest BCUT2D eigenvalue weighted by molar-refractivity contribution is -0.155. The van der Waals surface area contributed by atoms with Crippen LogP contribution in [-0.2, 0) is 16.1 Å². The molecule has 0 aliphatic carbocycles. The van der Waals surface area contributed by atoms with Gasteiger partial charge in [-0.15, -0.1) is 0 Å². The predicted molar refractivity (Wildman–Crippen MR) is 96.4 cm³/mol. The molecule has 3 rings (SSSR count). The van der Waals surface area contributed by atoms with E-state index in [1.165, 1.54) is 4.90 Å². The minimum atomic E-state index is -1.56. The molecule has 1 unspecified atom stereocenters. The van der Waals surface area contributed by atoms with Crippen molar-refractivity contribution in [2.75, 3.05) is 18.5 Å². The Kier molecular flexibility index (Phi) is 4.49. The summed E-state index contributed by atoms with van der Waals surface area (Å²) < 4.78 is 5.90. The summed E-state index contributed by atoms with van der Waals surface area (Å²) in [6.07, 6.45) is 0. The van der Waals surface area contributed by atoms with E-state index in [0.29, 0.717) is 24.5 Å². The van der Waals surface area contributed by atoms with Crippen LogP contribution in [0.2, 0.25) is 0 Å². The first-order chi connectivity index (χ1) is 12.0. The molecule has 0 aromatic heterocycles. The number of amides is 2. The van der Waals surface area contributed by atoms with Crippen LogP contribution in [0.1, 0.15) is 19.4 Å². The number of nitrogens with zero attached hydrogens (tertiary/aromatic N) is 2. The zero-order chi connectivity index (χ0) is 18.0. The third-order valence-electron chi connectivity index (χ3n) is 4.46. The summed E-state index contributed by atoms with van der Waals surface area (Å²) >= 11 is 0. The van der Waals surface area contributed by atoms with Gasteiger partial charge in [0.05, 0.1) is 5.69 Å². The lowest BCUT2D eigenvalue weighted by atomic mass is 9.99. The van der Waals surface area contributed by atoms with Gasteiger partial charge in [0.2, 0.25) is 0 Å². The molecule has 0 fully saturated rings. The second kappa shape index (κ2) is 6.59. The third-order valence-corrected chi connectivity index (χ3v) is 4.46. The minimum absolute atomic E-state index is 0.335. The van der Waals surface area contributed by atoms with Crippen molar-refractivity contribution >= 4 is 17.5 Å². The molecule has 0 spiro atoms. The normalized spacial score (nSPS) is 19.2. The summed E-state index contributed by atoms with van der Waals surface area (Å²) in [5.41, 5.74) is 0.136. The van der Waals surface area contributed by atoms with E-state index >= 15 is 0 Å². The van der Waals surface area contributed by atoms with E-state index in [1.54, 1.807) is 24.9 Å². The second-order valence-corrected chi connectivity index (χ2v) is 6.30. The monoisotopic (exact) mass is 338 g/mol. The van der Waals surface area contributed by atoms with Gasteiger partial charge in [-0.25, -0.2) is 0 Å². The number of para-hydroxylation sites is 2. The van der Waals surface area contributed by atoms with Crippen LogP contribution in [-0.4, -0.2) is 35.9 Å². The molecule has 0 N–H and O–H groups in total. The van der Waals surface area contributed by atoms with Gasteiger partial charge in [-0.05, 0) is 31.5 Å². The molecule has 1 aliphatic heterocycles. The molecule has 5 nitrogen and oxygen atoms in total. The fraction of sp³-hybridized carbons (Fsp3) is 0.300. The van der Waals surface area contributed by atoms with Crippen molar-refractivity contribution in [2.24, 2.45) is 0 Å². The quantitative estimate of drug-likeness (QED) is 0.806. The summed E-state index contributed by atoms with van der Waals surface area (Å²) in [5, 5.41) is 0. The average molecular weight is 338 g/mol. The maximum atomic E-state index is 13.1. The van der Waals surface area contributed by atoms with Gasteiger partial charge >= 0.3 is 0 Å². The Morgan fingerprint density at radius 1 is 1.12 bits per heavy atom. The van der Waals surface area contributed by atoms with Crippen molar-refractivity contribution in [2.45, 2.75) is 26.0 Å². The fourth-order valence-corrected chi connectivity index (χ4v) is 3.14. The smallest absolute Gasteiger partial charge is 0.280 e. The summed E-state index contributed by atoms with van der Waals surface area (Å²) in [5.74, 6) is -0.138. The highest BCUT2D eigenvalue weighted by atomic mass is 16.5. The number of anilines is 1. The summed E-state index contributed by atoms with van der Waals surface area (Å²) in [4.78, 5) is 29.2. The molecule has 1 heterocycles. The van der Waals surface area contributed by atoms with Crippen LogP contribution >= 0.6 is 0 Å². The van der Waals surface area contributed by atoms with Gasteiger partial charge in [-0.2, -0.15) is 0 Å². The number of rotatable bonds is 4. The molecule has 2 aromatic carbocycles. The van der Waals surface area contributed by atoms with Crippen LogP contribution in [0, 0.1) is 0 Å². The van der Waals surface area contributed by atoms with E-state index in [0.717, 1.165) is 5.56 Å². The van der Waals surface area contributed by atoms with Crippen LogP contribution < -0.4 is 9.64 Å².